The smallest absolute Gasteiger partial charge is 0.330 e. The van der Waals surface area contributed by atoms with Gasteiger partial charge < -0.3 is 4.74 Å². The Morgan fingerprint density at radius 2 is 2.00 bits per heavy atom. The van der Waals surface area contributed by atoms with Crippen molar-refractivity contribution in [3.8, 4) is 0 Å². The van der Waals surface area contributed by atoms with Crippen molar-refractivity contribution in [1.82, 2.24) is 0 Å². The molecule has 0 aromatic rings. The first kappa shape index (κ1) is 11.2. The van der Waals surface area contributed by atoms with Crippen molar-refractivity contribution in [2.45, 2.75) is 13.8 Å². The molecule has 0 fully saturated rings. The number of carbonyl (C=O) groups excluding carboxylic acids is 2. The second-order valence-corrected chi connectivity index (χ2v) is 3.11. The van der Waals surface area contributed by atoms with Crippen LogP contribution in [0.4, 0.5) is 0 Å². The molecule has 0 heterocycles. The number of hydrogen-bond donors (Lipinski definition) is 0. The van der Waals surface area contributed by atoms with E-state index in [1.54, 1.807) is 6.92 Å². The molecule has 0 bridgehead atoms. The average Bonchev–Trinajstić information content (AvgIpc) is 2.02. The minimum Gasteiger partial charge on any atom is -0.463 e. The Hall–Kier alpha value is -0.770. The fourth-order valence-electron chi connectivity index (χ4n) is 0.517. The van der Waals surface area contributed by atoms with E-state index in [1.807, 2.05) is 6.92 Å². The van der Waals surface area contributed by atoms with Crippen molar-refractivity contribution >= 4 is 22.8 Å². The number of esters is 1. The fourth-order valence-corrected chi connectivity index (χ4v) is 0.966. The highest BCUT2D eigenvalue weighted by molar-refractivity contribution is 8.14. The molecule has 0 amide bonds. The van der Waals surface area contributed by atoms with Crippen LogP contribution in [-0.2, 0) is 14.3 Å². The summed E-state index contributed by atoms with van der Waals surface area (Å²) >= 11 is 1.16. The predicted molar refractivity (Wildman–Crippen MR) is 48.9 cm³/mol. The van der Waals surface area contributed by atoms with E-state index in [4.69, 9.17) is 0 Å². The second kappa shape index (κ2) is 6.91. The van der Waals surface area contributed by atoms with Crippen molar-refractivity contribution in [2.24, 2.45) is 0 Å². The van der Waals surface area contributed by atoms with Gasteiger partial charge in [0.05, 0.1) is 6.61 Å². The van der Waals surface area contributed by atoms with Gasteiger partial charge in [0, 0.05) is 6.08 Å². The van der Waals surface area contributed by atoms with Crippen LogP contribution in [0.1, 0.15) is 13.8 Å². The second-order valence-electron chi connectivity index (χ2n) is 1.84. The van der Waals surface area contributed by atoms with Gasteiger partial charge in [-0.2, -0.15) is 0 Å². The lowest BCUT2D eigenvalue weighted by molar-refractivity contribution is -0.137. The Balaban J connectivity index is 3.73. The highest BCUT2D eigenvalue weighted by Gasteiger charge is 1.97. The molecule has 0 radical (unpaired) electrons. The lowest BCUT2D eigenvalue weighted by atomic mass is 10.5. The number of thioether (sulfide) groups is 1. The molecule has 12 heavy (non-hydrogen) atoms. The van der Waals surface area contributed by atoms with Crippen LogP contribution >= 0.6 is 11.8 Å². The lowest BCUT2D eigenvalue weighted by Crippen LogP contribution is -2.00. The summed E-state index contributed by atoms with van der Waals surface area (Å²) in [5.41, 5.74) is 0. The van der Waals surface area contributed by atoms with Crippen LogP contribution in [0, 0.1) is 0 Å². The van der Waals surface area contributed by atoms with E-state index in [1.165, 1.54) is 6.08 Å². The zero-order valence-electron chi connectivity index (χ0n) is 7.20. The highest BCUT2D eigenvalue weighted by atomic mass is 32.2. The van der Waals surface area contributed by atoms with E-state index in [0.717, 1.165) is 17.8 Å². The summed E-state index contributed by atoms with van der Waals surface area (Å²) in [6, 6.07) is 0. The Morgan fingerprint density at radius 3 is 2.50 bits per heavy atom. The number of rotatable bonds is 4. The Kier molecular flexibility index (Phi) is 6.47. The molecule has 4 heteroatoms. The monoisotopic (exact) mass is 188 g/mol. The summed E-state index contributed by atoms with van der Waals surface area (Å²) in [6.07, 6.45) is 2.38. The van der Waals surface area contributed by atoms with Crippen molar-refractivity contribution in [1.29, 1.82) is 0 Å². The molecule has 0 atom stereocenters. The molecule has 0 saturated heterocycles. The van der Waals surface area contributed by atoms with Crippen LogP contribution in [-0.4, -0.2) is 23.4 Å². The van der Waals surface area contributed by atoms with Gasteiger partial charge in [-0.3, -0.25) is 4.79 Å². The highest BCUT2D eigenvalue weighted by Crippen LogP contribution is 2.01. The van der Waals surface area contributed by atoms with Gasteiger partial charge in [0.25, 0.3) is 0 Å². The molecule has 0 aromatic heterocycles. The fraction of sp³-hybridized carbons (Fsp3) is 0.500. The summed E-state index contributed by atoms with van der Waals surface area (Å²) in [5, 5.41) is -0.120. The van der Waals surface area contributed by atoms with Gasteiger partial charge in [-0.1, -0.05) is 18.7 Å². The van der Waals surface area contributed by atoms with Crippen LogP contribution < -0.4 is 0 Å². The van der Waals surface area contributed by atoms with E-state index < -0.39 is 5.97 Å². The molecule has 0 unspecified atom stereocenters. The van der Waals surface area contributed by atoms with Gasteiger partial charge in [0.2, 0.25) is 5.12 Å². The minimum absolute atomic E-state index is 0.120. The molecule has 0 rings (SSSR count). The summed E-state index contributed by atoms with van der Waals surface area (Å²) in [5.74, 6) is 0.244. The largest absolute Gasteiger partial charge is 0.463 e. The van der Waals surface area contributed by atoms with Crippen LogP contribution in [0.2, 0.25) is 0 Å². The third-order valence-electron chi connectivity index (χ3n) is 0.929. The van der Waals surface area contributed by atoms with Gasteiger partial charge >= 0.3 is 5.97 Å². The predicted octanol–water partition coefficient (Wildman–Crippen LogP) is 1.39. The Labute approximate surface area is 76.2 Å². The zero-order chi connectivity index (χ0) is 9.40. The number of carbonyl (C=O) groups is 2. The van der Waals surface area contributed by atoms with E-state index in [2.05, 4.69) is 4.74 Å². The van der Waals surface area contributed by atoms with E-state index in [9.17, 15) is 9.59 Å². The zero-order valence-corrected chi connectivity index (χ0v) is 8.02. The topological polar surface area (TPSA) is 43.4 Å². The van der Waals surface area contributed by atoms with E-state index in [0.29, 0.717) is 12.4 Å². The third-order valence-corrected chi connectivity index (χ3v) is 1.64. The lowest BCUT2D eigenvalue weighted by Gasteiger charge is -1.93. The first-order valence-corrected chi connectivity index (χ1v) is 4.70. The maximum Gasteiger partial charge on any atom is 0.330 e. The van der Waals surface area contributed by atoms with Gasteiger partial charge in [0.1, 0.15) is 0 Å². The molecular weight excluding hydrogens is 176 g/mol. The van der Waals surface area contributed by atoms with Crippen molar-refractivity contribution in [3.05, 3.63) is 12.2 Å². The SMILES string of the molecule is CCOC(=O)/C=C/C(=O)SCC. The van der Waals surface area contributed by atoms with E-state index >= 15 is 0 Å². The summed E-state index contributed by atoms with van der Waals surface area (Å²) < 4.78 is 4.58. The van der Waals surface area contributed by atoms with Crippen molar-refractivity contribution < 1.29 is 14.3 Å². The average molecular weight is 188 g/mol. The van der Waals surface area contributed by atoms with Gasteiger partial charge in [-0.25, -0.2) is 4.79 Å². The molecule has 0 aliphatic rings. The third kappa shape index (κ3) is 5.97. The van der Waals surface area contributed by atoms with Gasteiger partial charge in [-0.05, 0) is 18.8 Å². The standard InChI is InChI=1S/C8H12O3S/c1-3-11-7(9)5-6-8(10)12-4-2/h5-6H,3-4H2,1-2H3/b6-5+. The normalized spacial score (nSPS) is 10.2. The van der Waals surface area contributed by atoms with Gasteiger partial charge in [0.15, 0.2) is 0 Å². The molecule has 0 saturated carbocycles. The molecule has 0 aromatic carbocycles. The number of hydrogen-bond acceptors (Lipinski definition) is 4. The summed E-state index contributed by atoms with van der Waals surface area (Å²) in [6.45, 7) is 3.92. The molecule has 0 aliphatic heterocycles. The quantitative estimate of drug-likeness (QED) is 0.494. The van der Waals surface area contributed by atoms with Crippen LogP contribution in [0.5, 0.6) is 0 Å². The van der Waals surface area contributed by atoms with Crippen LogP contribution in [0.3, 0.4) is 0 Å². The molecule has 3 nitrogen and oxygen atoms in total. The summed E-state index contributed by atoms with van der Waals surface area (Å²) in [7, 11) is 0. The molecule has 0 spiro atoms. The molecular formula is C8H12O3S. The molecule has 0 aliphatic carbocycles. The Morgan fingerprint density at radius 1 is 1.33 bits per heavy atom. The first-order valence-electron chi connectivity index (χ1n) is 3.72. The van der Waals surface area contributed by atoms with Gasteiger partial charge in [-0.15, -0.1) is 0 Å². The maximum atomic E-state index is 10.8. The summed E-state index contributed by atoms with van der Waals surface area (Å²) in [4.78, 5) is 21.5. The van der Waals surface area contributed by atoms with Crippen LogP contribution in [0.25, 0.3) is 0 Å². The van der Waals surface area contributed by atoms with Crippen molar-refractivity contribution in [2.75, 3.05) is 12.4 Å². The van der Waals surface area contributed by atoms with Crippen molar-refractivity contribution in [3.63, 3.8) is 0 Å². The molecule has 68 valence electrons. The first-order chi connectivity index (χ1) is 5.70. The molecule has 0 N–H and O–H groups in total. The van der Waals surface area contributed by atoms with E-state index in [-0.39, 0.29) is 5.12 Å². The minimum atomic E-state index is -0.470. The number of ether oxygens (including phenoxy) is 1. The van der Waals surface area contributed by atoms with Crippen LogP contribution in [0.15, 0.2) is 12.2 Å². The maximum absolute atomic E-state index is 10.8. The Bertz CT molecular complexity index is 167.